The molecular formula is C16H22N4O. The number of rotatable bonds is 6. The Bertz CT molecular complexity index is 613. The molecule has 0 unspecified atom stereocenters. The Labute approximate surface area is 125 Å². The summed E-state index contributed by atoms with van der Waals surface area (Å²) >= 11 is 0. The molecule has 0 spiro atoms. The van der Waals surface area contributed by atoms with Crippen LogP contribution < -0.4 is 10.1 Å². The molecule has 0 aliphatic heterocycles. The van der Waals surface area contributed by atoms with Gasteiger partial charge in [-0.15, -0.1) is 0 Å². The van der Waals surface area contributed by atoms with Crippen LogP contribution >= 0.6 is 0 Å². The van der Waals surface area contributed by atoms with Crippen LogP contribution in [0, 0.1) is 6.92 Å². The van der Waals surface area contributed by atoms with Crippen molar-refractivity contribution in [3.05, 3.63) is 29.8 Å². The Morgan fingerprint density at radius 1 is 1.19 bits per heavy atom. The van der Waals surface area contributed by atoms with Gasteiger partial charge in [-0.05, 0) is 19.4 Å². The summed E-state index contributed by atoms with van der Waals surface area (Å²) < 4.78 is 5.65. The van der Waals surface area contributed by atoms with Gasteiger partial charge in [-0.1, -0.05) is 13.8 Å². The third-order valence-electron chi connectivity index (χ3n) is 3.20. The molecule has 0 saturated carbocycles. The summed E-state index contributed by atoms with van der Waals surface area (Å²) in [6.07, 6.45) is 5.31. The van der Waals surface area contributed by atoms with E-state index in [4.69, 9.17) is 4.74 Å². The number of hydrogen-bond donors (Lipinski definition) is 1. The summed E-state index contributed by atoms with van der Waals surface area (Å²) in [4.78, 5) is 13.4. The van der Waals surface area contributed by atoms with Crippen molar-refractivity contribution >= 4 is 5.82 Å². The quantitative estimate of drug-likeness (QED) is 0.883. The molecule has 5 nitrogen and oxygen atoms in total. The topological polar surface area (TPSA) is 59.9 Å². The monoisotopic (exact) mass is 286 g/mol. The van der Waals surface area contributed by atoms with Crippen molar-refractivity contribution < 1.29 is 4.74 Å². The zero-order valence-corrected chi connectivity index (χ0v) is 13.1. The number of nitrogens with one attached hydrogen (secondary N) is 1. The van der Waals surface area contributed by atoms with Gasteiger partial charge in [0.15, 0.2) is 0 Å². The Kier molecular flexibility index (Phi) is 5.09. The number of nitrogens with zero attached hydrogens (tertiary/aromatic N) is 3. The first-order valence-corrected chi connectivity index (χ1v) is 7.33. The lowest BCUT2D eigenvalue weighted by molar-refractivity contribution is 0.316. The second kappa shape index (κ2) is 7.02. The van der Waals surface area contributed by atoms with Gasteiger partial charge in [0.1, 0.15) is 17.4 Å². The predicted octanol–water partition coefficient (Wildman–Crippen LogP) is 3.24. The van der Waals surface area contributed by atoms with Gasteiger partial charge >= 0.3 is 0 Å². The van der Waals surface area contributed by atoms with E-state index in [1.807, 2.05) is 33.2 Å². The SMILES string of the molecule is CCCOc1cncc(-c2nc(CC)nc(NC)c2C)c1. The molecule has 0 saturated heterocycles. The Balaban J connectivity index is 2.45. The third-order valence-corrected chi connectivity index (χ3v) is 3.20. The molecular weight excluding hydrogens is 264 g/mol. The average molecular weight is 286 g/mol. The zero-order valence-electron chi connectivity index (χ0n) is 13.1. The van der Waals surface area contributed by atoms with E-state index in [-0.39, 0.29) is 0 Å². The van der Waals surface area contributed by atoms with E-state index in [9.17, 15) is 0 Å². The van der Waals surface area contributed by atoms with Crippen LogP contribution in [0.25, 0.3) is 11.3 Å². The molecule has 112 valence electrons. The average Bonchev–Trinajstić information content (AvgIpc) is 2.53. The van der Waals surface area contributed by atoms with Gasteiger partial charge in [0.05, 0.1) is 18.5 Å². The van der Waals surface area contributed by atoms with Gasteiger partial charge < -0.3 is 10.1 Å². The lowest BCUT2D eigenvalue weighted by atomic mass is 10.1. The first-order valence-electron chi connectivity index (χ1n) is 7.33. The molecule has 0 fully saturated rings. The number of aryl methyl sites for hydroxylation is 1. The van der Waals surface area contributed by atoms with Crippen LogP contribution in [0.2, 0.25) is 0 Å². The fraction of sp³-hybridized carbons (Fsp3) is 0.438. The van der Waals surface area contributed by atoms with Crippen molar-refractivity contribution in [3.63, 3.8) is 0 Å². The Morgan fingerprint density at radius 2 is 2.00 bits per heavy atom. The molecule has 0 aliphatic rings. The minimum atomic E-state index is 0.690. The molecule has 2 aromatic heterocycles. The maximum atomic E-state index is 5.65. The van der Waals surface area contributed by atoms with E-state index in [0.717, 1.165) is 47.1 Å². The van der Waals surface area contributed by atoms with Crippen LogP contribution in [0.1, 0.15) is 31.7 Å². The molecule has 2 aromatic rings. The maximum Gasteiger partial charge on any atom is 0.138 e. The van der Waals surface area contributed by atoms with Crippen molar-refractivity contribution in [3.8, 4) is 17.0 Å². The summed E-state index contributed by atoms with van der Waals surface area (Å²) in [5, 5.41) is 3.13. The van der Waals surface area contributed by atoms with Crippen molar-refractivity contribution in [2.45, 2.75) is 33.6 Å². The second-order valence-electron chi connectivity index (χ2n) is 4.82. The van der Waals surface area contributed by atoms with Crippen molar-refractivity contribution in [2.24, 2.45) is 0 Å². The largest absolute Gasteiger partial charge is 0.492 e. The van der Waals surface area contributed by atoms with Gasteiger partial charge in [-0.3, -0.25) is 4.98 Å². The van der Waals surface area contributed by atoms with E-state index in [2.05, 4.69) is 27.2 Å². The molecule has 0 bridgehead atoms. The Morgan fingerprint density at radius 3 is 2.67 bits per heavy atom. The number of pyridine rings is 1. The van der Waals surface area contributed by atoms with Crippen molar-refractivity contribution in [1.29, 1.82) is 0 Å². The highest BCUT2D eigenvalue weighted by molar-refractivity contribution is 5.68. The van der Waals surface area contributed by atoms with E-state index in [1.54, 1.807) is 6.20 Å². The van der Waals surface area contributed by atoms with Gasteiger partial charge in [0.2, 0.25) is 0 Å². The lowest BCUT2D eigenvalue weighted by Crippen LogP contribution is -2.05. The highest BCUT2D eigenvalue weighted by Crippen LogP contribution is 2.27. The third kappa shape index (κ3) is 3.48. The number of anilines is 1. The number of ether oxygens (including phenoxy) is 1. The molecule has 5 heteroatoms. The first kappa shape index (κ1) is 15.2. The van der Waals surface area contributed by atoms with E-state index < -0.39 is 0 Å². The maximum absolute atomic E-state index is 5.65. The minimum Gasteiger partial charge on any atom is -0.492 e. The van der Waals surface area contributed by atoms with Crippen LogP contribution in [-0.2, 0) is 6.42 Å². The molecule has 0 aromatic carbocycles. The molecule has 2 rings (SSSR count). The van der Waals surface area contributed by atoms with E-state index >= 15 is 0 Å². The summed E-state index contributed by atoms with van der Waals surface area (Å²) in [6, 6.07) is 1.98. The Hall–Kier alpha value is -2.17. The van der Waals surface area contributed by atoms with E-state index in [0.29, 0.717) is 6.61 Å². The van der Waals surface area contributed by atoms with Crippen LogP contribution in [-0.4, -0.2) is 28.6 Å². The fourth-order valence-corrected chi connectivity index (χ4v) is 2.09. The summed E-state index contributed by atoms with van der Waals surface area (Å²) in [5.74, 6) is 2.45. The van der Waals surface area contributed by atoms with E-state index in [1.165, 1.54) is 0 Å². The fourth-order valence-electron chi connectivity index (χ4n) is 2.09. The highest BCUT2D eigenvalue weighted by atomic mass is 16.5. The van der Waals surface area contributed by atoms with Crippen molar-refractivity contribution in [1.82, 2.24) is 15.0 Å². The van der Waals surface area contributed by atoms with Gasteiger partial charge in [0.25, 0.3) is 0 Å². The number of aromatic nitrogens is 3. The van der Waals surface area contributed by atoms with Gasteiger partial charge in [-0.2, -0.15) is 0 Å². The van der Waals surface area contributed by atoms with Crippen molar-refractivity contribution in [2.75, 3.05) is 19.0 Å². The first-order chi connectivity index (χ1) is 10.2. The predicted molar refractivity (Wildman–Crippen MR) is 84.7 cm³/mol. The molecule has 0 aliphatic carbocycles. The number of hydrogen-bond acceptors (Lipinski definition) is 5. The molecule has 1 N–H and O–H groups in total. The molecule has 2 heterocycles. The molecule has 21 heavy (non-hydrogen) atoms. The summed E-state index contributed by atoms with van der Waals surface area (Å²) in [6.45, 7) is 6.83. The molecule has 0 amide bonds. The second-order valence-corrected chi connectivity index (χ2v) is 4.82. The van der Waals surface area contributed by atoms with Crippen LogP contribution in [0.3, 0.4) is 0 Å². The smallest absolute Gasteiger partial charge is 0.138 e. The van der Waals surface area contributed by atoms with Crippen LogP contribution in [0.15, 0.2) is 18.5 Å². The standard InChI is InChI=1S/C16H22N4O/c1-5-7-21-13-8-12(9-18-10-13)15-11(3)16(17-4)20-14(6-2)19-15/h8-10H,5-7H2,1-4H3,(H,17,19,20). The van der Waals surface area contributed by atoms with Crippen LogP contribution in [0.4, 0.5) is 5.82 Å². The minimum absolute atomic E-state index is 0.690. The van der Waals surface area contributed by atoms with Gasteiger partial charge in [-0.25, -0.2) is 9.97 Å². The summed E-state index contributed by atoms with van der Waals surface area (Å²) in [5.41, 5.74) is 2.87. The van der Waals surface area contributed by atoms with Gasteiger partial charge in [0, 0.05) is 30.8 Å². The van der Waals surface area contributed by atoms with Crippen LogP contribution in [0.5, 0.6) is 5.75 Å². The lowest BCUT2D eigenvalue weighted by Gasteiger charge is -2.12. The summed E-state index contributed by atoms with van der Waals surface area (Å²) in [7, 11) is 1.87. The zero-order chi connectivity index (χ0) is 15.2. The molecule has 0 radical (unpaired) electrons. The highest BCUT2D eigenvalue weighted by Gasteiger charge is 2.12. The molecule has 0 atom stereocenters. The normalized spacial score (nSPS) is 10.5.